The van der Waals surface area contributed by atoms with Gasteiger partial charge in [-0.25, -0.2) is 9.69 Å². The summed E-state index contributed by atoms with van der Waals surface area (Å²) in [5.41, 5.74) is 1.89. The second-order valence-electron chi connectivity index (χ2n) is 6.63. The average Bonchev–Trinajstić information content (AvgIpc) is 3.26. The van der Waals surface area contributed by atoms with E-state index < -0.39 is 17.9 Å². The van der Waals surface area contributed by atoms with Crippen LogP contribution in [0.4, 0.5) is 10.5 Å². The van der Waals surface area contributed by atoms with Gasteiger partial charge in [0.05, 0.1) is 11.7 Å². The molecule has 3 aromatic rings. The Kier molecular flexibility index (Phi) is 4.89. The van der Waals surface area contributed by atoms with Crippen molar-refractivity contribution in [2.24, 2.45) is 0 Å². The molecule has 1 N–H and O–H groups in total. The zero-order valence-electron chi connectivity index (χ0n) is 15.6. The molecular formula is C22H14ClN2O5-. The van der Waals surface area contributed by atoms with E-state index in [1.54, 1.807) is 43.3 Å². The highest BCUT2D eigenvalue weighted by molar-refractivity contribution is 6.32. The number of halogens is 1. The zero-order chi connectivity index (χ0) is 21.4. The van der Waals surface area contributed by atoms with E-state index >= 15 is 0 Å². The van der Waals surface area contributed by atoms with Crippen LogP contribution in [0.3, 0.4) is 0 Å². The highest BCUT2D eigenvalue weighted by Gasteiger charge is 2.35. The van der Waals surface area contributed by atoms with Crippen molar-refractivity contribution in [3.63, 3.8) is 0 Å². The van der Waals surface area contributed by atoms with Crippen molar-refractivity contribution < 1.29 is 23.9 Å². The van der Waals surface area contributed by atoms with Crippen molar-refractivity contribution in [1.29, 1.82) is 0 Å². The van der Waals surface area contributed by atoms with Crippen molar-refractivity contribution >= 4 is 41.3 Å². The molecule has 2 aromatic carbocycles. The van der Waals surface area contributed by atoms with Crippen molar-refractivity contribution in [2.75, 3.05) is 4.90 Å². The molecule has 8 heteroatoms. The molecule has 1 aliphatic heterocycles. The molecule has 1 saturated heterocycles. The topological polar surface area (TPSA) is 103 Å². The third kappa shape index (κ3) is 3.58. The lowest BCUT2D eigenvalue weighted by Gasteiger charge is -2.11. The number of carboxylic acid groups (broad SMARTS) is 1. The van der Waals surface area contributed by atoms with Crippen LogP contribution in [-0.2, 0) is 4.79 Å². The van der Waals surface area contributed by atoms with E-state index in [1.165, 1.54) is 24.3 Å². The van der Waals surface area contributed by atoms with Crippen LogP contribution in [0, 0.1) is 6.92 Å². The van der Waals surface area contributed by atoms with Gasteiger partial charge in [0.25, 0.3) is 5.91 Å². The molecule has 0 bridgehead atoms. The lowest BCUT2D eigenvalue weighted by molar-refractivity contribution is -0.255. The molecule has 3 amide bonds. The molecule has 0 spiro atoms. The van der Waals surface area contributed by atoms with E-state index in [4.69, 9.17) is 16.0 Å². The van der Waals surface area contributed by atoms with E-state index in [0.29, 0.717) is 33.4 Å². The van der Waals surface area contributed by atoms with Gasteiger partial charge in [-0.15, -0.1) is 0 Å². The fourth-order valence-electron chi connectivity index (χ4n) is 3.17. The molecule has 2 heterocycles. The smallest absolute Gasteiger partial charge is 0.333 e. The Morgan fingerprint density at radius 1 is 1.13 bits per heavy atom. The van der Waals surface area contributed by atoms with Gasteiger partial charge in [0.15, 0.2) is 0 Å². The summed E-state index contributed by atoms with van der Waals surface area (Å²) >= 11 is 5.95. The van der Waals surface area contributed by atoms with Crippen molar-refractivity contribution in [1.82, 2.24) is 5.32 Å². The summed E-state index contributed by atoms with van der Waals surface area (Å²) in [5, 5.41) is 13.9. The first-order valence-electron chi connectivity index (χ1n) is 8.88. The van der Waals surface area contributed by atoms with Crippen LogP contribution < -0.4 is 15.3 Å². The molecule has 1 fully saturated rings. The Morgan fingerprint density at radius 3 is 2.63 bits per heavy atom. The predicted molar refractivity (Wildman–Crippen MR) is 109 cm³/mol. The van der Waals surface area contributed by atoms with Crippen molar-refractivity contribution in [3.8, 4) is 11.3 Å². The Hall–Kier alpha value is -3.84. The highest BCUT2D eigenvalue weighted by Crippen LogP contribution is 2.29. The van der Waals surface area contributed by atoms with Gasteiger partial charge >= 0.3 is 6.03 Å². The summed E-state index contributed by atoms with van der Waals surface area (Å²) in [6.45, 7) is 1.76. The molecule has 1 aliphatic rings. The second kappa shape index (κ2) is 7.53. The maximum absolute atomic E-state index is 12.7. The Morgan fingerprint density at radius 2 is 1.93 bits per heavy atom. The number of aryl methyl sites for hydroxylation is 1. The first-order chi connectivity index (χ1) is 14.3. The first kappa shape index (κ1) is 19.5. The van der Waals surface area contributed by atoms with E-state index in [9.17, 15) is 19.5 Å². The van der Waals surface area contributed by atoms with Crippen LogP contribution in [0.2, 0.25) is 5.02 Å². The lowest BCUT2D eigenvalue weighted by Crippen LogP contribution is -2.30. The number of urea groups is 1. The van der Waals surface area contributed by atoms with Gasteiger partial charge in [-0.3, -0.25) is 4.79 Å². The number of furan rings is 1. The minimum Gasteiger partial charge on any atom is -0.545 e. The predicted octanol–water partition coefficient (Wildman–Crippen LogP) is 3.37. The summed E-state index contributed by atoms with van der Waals surface area (Å²) < 4.78 is 5.77. The minimum atomic E-state index is -1.26. The average molecular weight is 422 g/mol. The molecule has 0 unspecified atom stereocenters. The van der Waals surface area contributed by atoms with E-state index in [1.807, 2.05) is 0 Å². The van der Waals surface area contributed by atoms with Gasteiger partial charge in [-0.2, -0.15) is 0 Å². The molecule has 0 radical (unpaired) electrons. The standard InChI is InChI=1S/C22H15ClN2O5/c1-12-9-13(21(27)28)5-7-17(12)19-8-6-16(30-19)11-18-20(26)25(22(29)24-18)15-4-2-3-14(23)10-15/h2-11H,1H3,(H,24,29)(H,27,28)/p-1. The molecule has 30 heavy (non-hydrogen) atoms. The normalized spacial score (nSPS) is 15.0. The number of amides is 3. The highest BCUT2D eigenvalue weighted by atomic mass is 35.5. The SMILES string of the molecule is Cc1cc(C(=O)[O-])ccc1-c1ccc(C=C2NC(=O)N(c3cccc(Cl)c3)C2=O)o1. The summed E-state index contributed by atoms with van der Waals surface area (Å²) in [5.74, 6) is -0.943. The molecule has 1 aromatic heterocycles. The van der Waals surface area contributed by atoms with Gasteiger partial charge in [0.2, 0.25) is 0 Å². The third-order valence-electron chi connectivity index (χ3n) is 4.59. The quantitative estimate of drug-likeness (QED) is 0.514. The van der Waals surface area contributed by atoms with Crippen LogP contribution in [0.15, 0.2) is 64.7 Å². The molecule has 0 atom stereocenters. The summed E-state index contributed by atoms with van der Waals surface area (Å²) in [7, 11) is 0. The van der Waals surface area contributed by atoms with E-state index in [2.05, 4.69) is 5.32 Å². The number of nitrogens with zero attached hydrogens (tertiary/aromatic N) is 1. The monoisotopic (exact) mass is 421 g/mol. The van der Waals surface area contributed by atoms with Gasteiger partial charge < -0.3 is 19.6 Å². The number of nitrogens with one attached hydrogen (secondary N) is 1. The zero-order valence-corrected chi connectivity index (χ0v) is 16.4. The number of benzene rings is 2. The lowest BCUT2D eigenvalue weighted by atomic mass is 10.0. The summed E-state index contributed by atoms with van der Waals surface area (Å²) in [6.07, 6.45) is 1.43. The fraction of sp³-hybridized carbons (Fsp3) is 0.0455. The summed E-state index contributed by atoms with van der Waals surface area (Å²) in [6, 6.07) is 13.7. The van der Waals surface area contributed by atoms with Crippen molar-refractivity contribution in [3.05, 3.63) is 82.2 Å². The number of hydrogen-bond acceptors (Lipinski definition) is 5. The molecule has 7 nitrogen and oxygen atoms in total. The number of aromatic carboxylic acids is 1. The molecule has 0 saturated carbocycles. The van der Waals surface area contributed by atoms with Gasteiger partial charge in [0.1, 0.15) is 17.2 Å². The van der Waals surface area contributed by atoms with Crippen LogP contribution in [0.1, 0.15) is 21.7 Å². The number of carbonyl (C=O) groups is 3. The third-order valence-corrected chi connectivity index (χ3v) is 4.82. The van der Waals surface area contributed by atoms with Gasteiger partial charge in [-0.1, -0.05) is 29.8 Å². The van der Waals surface area contributed by atoms with Crippen LogP contribution >= 0.6 is 11.6 Å². The van der Waals surface area contributed by atoms with E-state index in [0.717, 1.165) is 4.90 Å². The van der Waals surface area contributed by atoms with Crippen LogP contribution in [0.5, 0.6) is 0 Å². The maximum Gasteiger partial charge on any atom is 0.333 e. The molecule has 0 aliphatic carbocycles. The molecular weight excluding hydrogens is 408 g/mol. The number of carboxylic acids is 1. The number of hydrogen-bond donors (Lipinski definition) is 1. The van der Waals surface area contributed by atoms with Crippen molar-refractivity contribution in [2.45, 2.75) is 6.92 Å². The number of anilines is 1. The Balaban J connectivity index is 1.61. The molecule has 4 rings (SSSR count). The second-order valence-corrected chi connectivity index (χ2v) is 7.06. The van der Waals surface area contributed by atoms with E-state index in [-0.39, 0.29) is 11.3 Å². The van der Waals surface area contributed by atoms with Crippen LogP contribution in [0.25, 0.3) is 17.4 Å². The van der Waals surface area contributed by atoms with Gasteiger partial charge in [0, 0.05) is 16.7 Å². The molecule has 150 valence electrons. The number of rotatable bonds is 4. The van der Waals surface area contributed by atoms with Crippen LogP contribution in [-0.4, -0.2) is 17.9 Å². The largest absolute Gasteiger partial charge is 0.545 e. The minimum absolute atomic E-state index is 0.0601. The number of carbonyl (C=O) groups excluding carboxylic acids is 3. The Labute approximate surface area is 176 Å². The summed E-state index contributed by atoms with van der Waals surface area (Å²) in [4.78, 5) is 36.9. The fourth-order valence-corrected chi connectivity index (χ4v) is 3.35. The Bertz CT molecular complexity index is 1230. The first-order valence-corrected chi connectivity index (χ1v) is 9.26. The number of imide groups is 1. The van der Waals surface area contributed by atoms with Gasteiger partial charge in [-0.05, 0) is 54.4 Å². The maximum atomic E-state index is 12.7.